The molecule has 2 rings (SSSR count). The highest BCUT2D eigenvalue weighted by Gasteiger charge is 2.16. The van der Waals surface area contributed by atoms with E-state index in [2.05, 4.69) is 39.0 Å². The number of benzene rings is 1. The Labute approximate surface area is 96.3 Å². The number of methoxy groups -OCH3 is 1. The normalized spacial score (nSPS) is 11.8. The van der Waals surface area contributed by atoms with E-state index in [9.17, 15) is 0 Å². The molecule has 84 valence electrons. The van der Waals surface area contributed by atoms with Gasteiger partial charge in [0.25, 0.3) is 0 Å². The molecular weight excluding hydrogens is 198 g/mol. The largest absolute Gasteiger partial charge is 0.494 e. The van der Waals surface area contributed by atoms with Gasteiger partial charge in [-0.15, -0.1) is 0 Å². The van der Waals surface area contributed by atoms with Gasteiger partial charge in [0.2, 0.25) is 0 Å². The predicted molar refractivity (Wildman–Crippen MR) is 67.0 cm³/mol. The van der Waals surface area contributed by atoms with Crippen molar-refractivity contribution in [2.75, 3.05) is 7.11 Å². The van der Waals surface area contributed by atoms with E-state index < -0.39 is 0 Å². The van der Waals surface area contributed by atoms with Crippen LogP contribution in [0.1, 0.15) is 26.5 Å². The van der Waals surface area contributed by atoms with Crippen molar-refractivity contribution in [2.24, 2.45) is 0 Å². The summed E-state index contributed by atoms with van der Waals surface area (Å²) in [7, 11) is 1.68. The van der Waals surface area contributed by atoms with Crippen LogP contribution in [-0.4, -0.2) is 12.1 Å². The first kappa shape index (κ1) is 10.9. The Bertz CT molecular complexity index is 512. The Morgan fingerprint density at radius 2 is 1.81 bits per heavy atom. The molecule has 0 N–H and O–H groups in total. The predicted octanol–water partition coefficient (Wildman–Crippen LogP) is 3.54. The van der Waals surface area contributed by atoms with Crippen LogP contribution in [0.15, 0.2) is 30.3 Å². The summed E-state index contributed by atoms with van der Waals surface area (Å²) in [6, 6.07) is 10.2. The number of hydrogen-bond acceptors (Lipinski definition) is 2. The molecule has 0 fully saturated rings. The lowest BCUT2D eigenvalue weighted by Crippen LogP contribution is -2.13. The van der Waals surface area contributed by atoms with Crippen LogP contribution in [0.2, 0.25) is 0 Å². The first-order chi connectivity index (χ1) is 7.52. The van der Waals surface area contributed by atoms with Gasteiger partial charge in [-0.2, -0.15) is 0 Å². The van der Waals surface area contributed by atoms with Crippen molar-refractivity contribution in [3.8, 4) is 5.75 Å². The van der Waals surface area contributed by atoms with Gasteiger partial charge >= 0.3 is 0 Å². The first-order valence-electron chi connectivity index (χ1n) is 5.46. The Balaban J connectivity index is 2.68. The Morgan fingerprint density at radius 1 is 1.06 bits per heavy atom. The van der Waals surface area contributed by atoms with E-state index in [4.69, 9.17) is 9.72 Å². The lowest BCUT2D eigenvalue weighted by atomic mass is 9.91. The second-order valence-corrected chi connectivity index (χ2v) is 4.98. The zero-order chi connectivity index (χ0) is 11.8. The molecule has 2 nitrogen and oxygen atoms in total. The minimum atomic E-state index is 0.0645. The third kappa shape index (κ3) is 1.87. The number of hydrogen-bond donors (Lipinski definition) is 0. The number of rotatable bonds is 1. The monoisotopic (exact) mass is 215 g/mol. The van der Waals surface area contributed by atoms with Crippen LogP contribution >= 0.6 is 0 Å². The molecule has 0 bridgehead atoms. The summed E-state index contributed by atoms with van der Waals surface area (Å²) in [6.07, 6.45) is 0. The lowest BCUT2D eigenvalue weighted by molar-refractivity contribution is 0.418. The molecule has 0 amide bonds. The number of fused-ring (bicyclic) bond motifs is 1. The highest BCUT2D eigenvalue weighted by Crippen LogP contribution is 2.27. The van der Waals surface area contributed by atoms with Crippen LogP contribution in [0.4, 0.5) is 0 Å². The molecule has 0 saturated heterocycles. The van der Waals surface area contributed by atoms with Crippen molar-refractivity contribution >= 4 is 10.9 Å². The van der Waals surface area contributed by atoms with E-state index in [1.807, 2.05) is 12.1 Å². The molecule has 1 aromatic heterocycles. The molecule has 2 aromatic rings. The van der Waals surface area contributed by atoms with Crippen molar-refractivity contribution in [3.63, 3.8) is 0 Å². The van der Waals surface area contributed by atoms with E-state index in [0.29, 0.717) is 0 Å². The molecule has 1 aromatic carbocycles. The molecular formula is C14H17NO. The molecule has 0 aliphatic rings. The van der Waals surface area contributed by atoms with E-state index in [-0.39, 0.29) is 5.41 Å². The smallest absolute Gasteiger partial charge is 0.145 e. The van der Waals surface area contributed by atoms with Gasteiger partial charge < -0.3 is 4.74 Å². The van der Waals surface area contributed by atoms with Gasteiger partial charge in [0.1, 0.15) is 11.3 Å². The van der Waals surface area contributed by atoms with Gasteiger partial charge in [0.15, 0.2) is 0 Å². The van der Waals surface area contributed by atoms with Crippen LogP contribution in [0, 0.1) is 0 Å². The minimum Gasteiger partial charge on any atom is -0.494 e. The van der Waals surface area contributed by atoms with Gasteiger partial charge in [-0.3, -0.25) is 0 Å². The maximum Gasteiger partial charge on any atom is 0.145 e. The summed E-state index contributed by atoms with van der Waals surface area (Å²) >= 11 is 0. The highest BCUT2D eigenvalue weighted by atomic mass is 16.5. The molecule has 0 atom stereocenters. The van der Waals surface area contributed by atoms with E-state index in [1.54, 1.807) is 7.11 Å². The summed E-state index contributed by atoms with van der Waals surface area (Å²) in [5.74, 6) is 0.837. The molecule has 0 unspecified atom stereocenters. The highest BCUT2D eigenvalue weighted by molar-refractivity contribution is 5.84. The number of para-hydroxylation sites is 1. The fraction of sp³-hybridized carbons (Fsp3) is 0.357. The van der Waals surface area contributed by atoms with E-state index in [0.717, 1.165) is 22.3 Å². The third-order valence-electron chi connectivity index (χ3n) is 2.67. The molecule has 0 saturated carbocycles. The molecule has 1 heterocycles. The quantitative estimate of drug-likeness (QED) is 0.726. The average Bonchev–Trinajstić information content (AvgIpc) is 2.26. The third-order valence-corrected chi connectivity index (χ3v) is 2.67. The van der Waals surface area contributed by atoms with Crippen molar-refractivity contribution in [3.05, 3.63) is 36.0 Å². The van der Waals surface area contributed by atoms with Crippen LogP contribution in [0.3, 0.4) is 0 Å². The van der Waals surface area contributed by atoms with Gasteiger partial charge in [-0.25, -0.2) is 4.98 Å². The second-order valence-electron chi connectivity index (χ2n) is 4.98. The Morgan fingerprint density at radius 3 is 2.44 bits per heavy atom. The summed E-state index contributed by atoms with van der Waals surface area (Å²) < 4.78 is 5.33. The molecule has 16 heavy (non-hydrogen) atoms. The van der Waals surface area contributed by atoms with Gasteiger partial charge in [0, 0.05) is 16.5 Å². The molecule has 2 heteroatoms. The zero-order valence-corrected chi connectivity index (χ0v) is 10.2. The van der Waals surface area contributed by atoms with Gasteiger partial charge in [-0.1, -0.05) is 39.0 Å². The zero-order valence-electron chi connectivity index (χ0n) is 10.2. The fourth-order valence-electron chi connectivity index (χ4n) is 1.70. The average molecular weight is 215 g/mol. The van der Waals surface area contributed by atoms with Crippen LogP contribution < -0.4 is 4.74 Å². The Hall–Kier alpha value is -1.57. The molecule has 0 aliphatic heterocycles. The van der Waals surface area contributed by atoms with Crippen molar-refractivity contribution in [2.45, 2.75) is 26.2 Å². The molecule has 0 aliphatic carbocycles. The number of pyridine rings is 1. The SMILES string of the molecule is COc1cccc2ccc(C(C)(C)C)nc12. The molecule has 0 spiro atoms. The summed E-state index contributed by atoms with van der Waals surface area (Å²) in [6.45, 7) is 6.49. The fourth-order valence-corrected chi connectivity index (χ4v) is 1.70. The summed E-state index contributed by atoms with van der Waals surface area (Å²) in [4.78, 5) is 4.69. The van der Waals surface area contributed by atoms with E-state index >= 15 is 0 Å². The van der Waals surface area contributed by atoms with Crippen molar-refractivity contribution < 1.29 is 4.74 Å². The second kappa shape index (κ2) is 3.78. The van der Waals surface area contributed by atoms with Gasteiger partial charge in [0.05, 0.1) is 7.11 Å². The van der Waals surface area contributed by atoms with E-state index in [1.165, 1.54) is 0 Å². The number of ether oxygens (including phenoxy) is 1. The van der Waals surface area contributed by atoms with Crippen LogP contribution in [0.5, 0.6) is 5.75 Å². The summed E-state index contributed by atoms with van der Waals surface area (Å²) in [5.41, 5.74) is 2.09. The maximum atomic E-state index is 5.33. The minimum absolute atomic E-state index is 0.0645. The van der Waals surface area contributed by atoms with Crippen molar-refractivity contribution in [1.29, 1.82) is 0 Å². The Kier molecular flexibility index (Phi) is 2.58. The summed E-state index contributed by atoms with van der Waals surface area (Å²) in [5, 5.41) is 1.12. The van der Waals surface area contributed by atoms with Crippen LogP contribution in [-0.2, 0) is 5.41 Å². The molecule has 0 radical (unpaired) electrons. The topological polar surface area (TPSA) is 22.1 Å². The maximum absolute atomic E-state index is 5.33. The first-order valence-corrected chi connectivity index (χ1v) is 5.46. The van der Waals surface area contributed by atoms with Gasteiger partial charge in [-0.05, 0) is 12.1 Å². The number of nitrogens with zero attached hydrogens (tertiary/aromatic N) is 1. The van der Waals surface area contributed by atoms with Crippen molar-refractivity contribution in [1.82, 2.24) is 4.98 Å². The van der Waals surface area contributed by atoms with Crippen LogP contribution in [0.25, 0.3) is 10.9 Å². The standard InChI is InChI=1S/C14H17NO/c1-14(2,3)12-9-8-10-6-5-7-11(16-4)13(10)15-12/h5-9H,1-4H3. The number of aromatic nitrogens is 1. The lowest BCUT2D eigenvalue weighted by Gasteiger charge is -2.18.